The Kier molecular flexibility index (Phi) is 6.08. The van der Waals surface area contributed by atoms with E-state index < -0.39 is 0 Å². The summed E-state index contributed by atoms with van der Waals surface area (Å²) in [6.45, 7) is 15.9. The van der Waals surface area contributed by atoms with Gasteiger partial charge in [0, 0.05) is 0 Å². The fourth-order valence-corrected chi connectivity index (χ4v) is 2.17. The summed E-state index contributed by atoms with van der Waals surface area (Å²) >= 11 is 0. The Hall–Kier alpha value is -1.82. The number of allylic oxidation sites excluding steroid dienone is 11. The Morgan fingerprint density at radius 3 is 2.58 bits per heavy atom. The molecule has 0 atom stereocenters. The van der Waals surface area contributed by atoms with Crippen molar-refractivity contribution >= 4 is 0 Å². The first-order valence-corrected chi connectivity index (χ1v) is 6.77. The molecule has 0 aliphatic heterocycles. The maximum Gasteiger partial charge on any atom is -0.0198 e. The molecule has 0 amide bonds. The monoisotopic (exact) mass is 252 g/mol. The van der Waals surface area contributed by atoms with Gasteiger partial charge in [0.05, 0.1) is 0 Å². The van der Waals surface area contributed by atoms with Crippen molar-refractivity contribution in [1.29, 1.82) is 0 Å². The van der Waals surface area contributed by atoms with Crippen LogP contribution in [0.15, 0.2) is 84.1 Å². The molecule has 0 aromatic rings. The van der Waals surface area contributed by atoms with Crippen LogP contribution in [0.3, 0.4) is 0 Å². The third-order valence-corrected chi connectivity index (χ3v) is 3.08. The van der Waals surface area contributed by atoms with Gasteiger partial charge in [-0.3, -0.25) is 0 Å². The minimum absolute atomic E-state index is 1.06. The molecule has 1 aliphatic rings. The van der Waals surface area contributed by atoms with Crippen LogP contribution in [0.4, 0.5) is 0 Å². The molecular formula is C19H24. The highest BCUT2D eigenvalue weighted by atomic mass is 14.2. The van der Waals surface area contributed by atoms with Crippen LogP contribution in [0, 0.1) is 0 Å². The highest BCUT2D eigenvalue weighted by Gasteiger charge is 2.14. The smallest absolute Gasteiger partial charge is 0.0198 e. The lowest BCUT2D eigenvalue weighted by Crippen LogP contribution is -2.01. The van der Waals surface area contributed by atoms with Gasteiger partial charge in [0.1, 0.15) is 0 Å². The average molecular weight is 252 g/mol. The zero-order valence-electron chi connectivity index (χ0n) is 12.2. The second-order valence-corrected chi connectivity index (χ2v) is 5.06. The summed E-state index contributed by atoms with van der Waals surface area (Å²) in [5.41, 5.74) is 6.17. The van der Waals surface area contributed by atoms with Crippen molar-refractivity contribution in [3.05, 3.63) is 84.1 Å². The van der Waals surface area contributed by atoms with E-state index in [0.717, 1.165) is 18.4 Å². The summed E-state index contributed by atoms with van der Waals surface area (Å²) in [7, 11) is 0. The van der Waals surface area contributed by atoms with E-state index in [9.17, 15) is 0 Å². The van der Waals surface area contributed by atoms with E-state index in [2.05, 4.69) is 44.9 Å². The maximum absolute atomic E-state index is 4.16. The van der Waals surface area contributed by atoms with E-state index in [4.69, 9.17) is 0 Å². The first kappa shape index (κ1) is 15.2. The minimum atomic E-state index is 1.06. The van der Waals surface area contributed by atoms with Gasteiger partial charge in [-0.05, 0) is 49.8 Å². The molecule has 0 saturated heterocycles. The fourth-order valence-electron chi connectivity index (χ4n) is 2.17. The summed E-state index contributed by atoms with van der Waals surface area (Å²) < 4.78 is 0. The predicted octanol–water partition coefficient (Wildman–Crippen LogP) is 5.84. The molecular weight excluding hydrogens is 228 g/mol. The van der Waals surface area contributed by atoms with Crippen molar-refractivity contribution in [1.82, 2.24) is 0 Å². The zero-order valence-corrected chi connectivity index (χ0v) is 12.2. The molecule has 1 saturated carbocycles. The van der Waals surface area contributed by atoms with Gasteiger partial charge in [-0.1, -0.05) is 67.3 Å². The zero-order chi connectivity index (χ0) is 14.3. The normalized spacial score (nSPS) is 21.4. The van der Waals surface area contributed by atoms with Crippen LogP contribution in [-0.2, 0) is 0 Å². The van der Waals surface area contributed by atoms with Gasteiger partial charge in [0.25, 0.3) is 0 Å². The molecule has 0 aromatic carbocycles. The standard InChI is InChI=1S/C19H24/c1-6-9-19-17(5)12-8-13-18(19)14-16(4)11-7-10-15(2)3/h6-7,9-11,14H,1-2,5,8,12-13H2,3-4H3/b10-7+,16-11-,18-14+,19-9+. The molecule has 1 fully saturated rings. The molecule has 0 bridgehead atoms. The van der Waals surface area contributed by atoms with Crippen LogP contribution in [0.1, 0.15) is 33.1 Å². The molecule has 19 heavy (non-hydrogen) atoms. The third kappa shape index (κ3) is 5.13. The van der Waals surface area contributed by atoms with Crippen molar-refractivity contribution in [2.24, 2.45) is 0 Å². The minimum Gasteiger partial charge on any atom is -0.0990 e. The fraction of sp³-hybridized carbons (Fsp3) is 0.263. The van der Waals surface area contributed by atoms with Crippen molar-refractivity contribution in [3.63, 3.8) is 0 Å². The van der Waals surface area contributed by atoms with Gasteiger partial charge in [-0.25, -0.2) is 0 Å². The lowest BCUT2D eigenvalue weighted by molar-refractivity contribution is 0.774. The Morgan fingerprint density at radius 2 is 1.95 bits per heavy atom. The van der Waals surface area contributed by atoms with Crippen molar-refractivity contribution in [2.75, 3.05) is 0 Å². The summed E-state index contributed by atoms with van der Waals surface area (Å²) in [4.78, 5) is 0. The SMILES string of the molecule is C=C\C=C1/C(=C)CCC/C1=C\C(C)=C/C=C/C(=C)C. The maximum atomic E-state index is 4.16. The first-order valence-electron chi connectivity index (χ1n) is 6.77. The number of hydrogen-bond acceptors (Lipinski definition) is 0. The van der Waals surface area contributed by atoms with Crippen LogP contribution in [0.25, 0.3) is 0 Å². The Morgan fingerprint density at radius 1 is 1.21 bits per heavy atom. The molecule has 0 heterocycles. The molecule has 1 aliphatic carbocycles. The molecule has 0 radical (unpaired) electrons. The van der Waals surface area contributed by atoms with Crippen LogP contribution in [0.5, 0.6) is 0 Å². The van der Waals surface area contributed by atoms with E-state index >= 15 is 0 Å². The summed E-state index contributed by atoms with van der Waals surface area (Å²) in [5, 5.41) is 0. The second-order valence-electron chi connectivity index (χ2n) is 5.06. The first-order chi connectivity index (χ1) is 9.04. The molecule has 0 unspecified atom stereocenters. The molecule has 100 valence electrons. The molecule has 0 spiro atoms. The molecule has 0 heteroatoms. The molecule has 0 N–H and O–H groups in total. The Labute approximate surface area is 117 Å². The topological polar surface area (TPSA) is 0 Å². The van der Waals surface area contributed by atoms with Gasteiger partial charge in [0.2, 0.25) is 0 Å². The van der Waals surface area contributed by atoms with Crippen LogP contribution >= 0.6 is 0 Å². The quantitative estimate of drug-likeness (QED) is 0.551. The van der Waals surface area contributed by atoms with Crippen LogP contribution in [-0.4, -0.2) is 0 Å². The Bertz CT molecular complexity index is 490. The van der Waals surface area contributed by atoms with E-state index in [1.165, 1.54) is 28.7 Å². The molecule has 1 rings (SSSR count). The predicted molar refractivity (Wildman–Crippen MR) is 87.1 cm³/mol. The van der Waals surface area contributed by atoms with Gasteiger partial charge >= 0.3 is 0 Å². The van der Waals surface area contributed by atoms with Crippen molar-refractivity contribution in [3.8, 4) is 0 Å². The summed E-state index contributed by atoms with van der Waals surface area (Å²) in [6.07, 6.45) is 15.8. The van der Waals surface area contributed by atoms with Crippen LogP contribution in [0.2, 0.25) is 0 Å². The van der Waals surface area contributed by atoms with Crippen molar-refractivity contribution in [2.45, 2.75) is 33.1 Å². The Balaban J connectivity index is 2.95. The summed E-state index contributed by atoms with van der Waals surface area (Å²) in [6, 6.07) is 0. The number of rotatable bonds is 4. The lowest BCUT2D eigenvalue weighted by Gasteiger charge is -2.20. The second kappa shape index (κ2) is 7.58. The molecule has 0 aromatic heterocycles. The molecule has 0 nitrogen and oxygen atoms in total. The van der Waals surface area contributed by atoms with Crippen molar-refractivity contribution < 1.29 is 0 Å². The van der Waals surface area contributed by atoms with Gasteiger partial charge in [0.15, 0.2) is 0 Å². The highest BCUT2D eigenvalue weighted by molar-refractivity contribution is 5.51. The largest absolute Gasteiger partial charge is 0.0990 e. The number of hydrogen-bond donors (Lipinski definition) is 0. The van der Waals surface area contributed by atoms with Gasteiger partial charge in [-0.2, -0.15) is 0 Å². The van der Waals surface area contributed by atoms with Gasteiger partial charge in [-0.15, -0.1) is 0 Å². The summed E-state index contributed by atoms with van der Waals surface area (Å²) in [5.74, 6) is 0. The van der Waals surface area contributed by atoms with E-state index in [1.807, 2.05) is 25.2 Å². The van der Waals surface area contributed by atoms with Crippen LogP contribution < -0.4 is 0 Å². The third-order valence-electron chi connectivity index (χ3n) is 3.08. The van der Waals surface area contributed by atoms with E-state index in [0.29, 0.717) is 0 Å². The lowest BCUT2D eigenvalue weighted by atomic mass is 9.85. The van der Waals surface area contributed by atoms with E-state index in [-0.39, 0.29) is 0 Å². The van der Waals surface area contributed by atoms with E-state index in [1.54, 1.807) is 0 Å². The highest BCUT2D eigenvalue weighted by Crippen LogP contribution is 2.33. The van der Waals surface area contributed by atoms with Gasteiger partial charge < -0.3 is 0 Å². The average Bonchev–Trinajstić information content (AvgIpc) is 2.33.